The van der Waals surface area contributed by atoms with E-state index in [2.05, 4.69) is 58.3 Å². The zero-order valence-electron chi connectivity index (χ0n) is 19.3. The van der Waals surface area contributed by atoms with Crippen molar-refractivity contribution in [1.82, 2.24) is 15.0 Å². The van der Waals surface area contributed by atoms with Gasteiger partial charge in [-0.2, -0.15) is 0 Å². The van der Waals surface area contributed by atoms with Crippen LogP contribution in [0.2, 0.25) is 0 Å². The molecule has 3 aromatic heterocycles. The molecule has 0 aliphatic carbocycles. The molecule has 0 aliphatic heterocycles. The Balaban J connectivity index is 1.52. The minimum absolute atomic E-state index is 0.644. The van der Waals surface area contributed by atoms with Crippen LogP contribution in [0.4, 0.5) is 0 Å². The van der Waals surface area contributed by atoms with E-state index in [0.717, 1.165) is 34.6 Å². The van der Waals surface area contributed by atoms with E-state index in [4.69, 9.17) is 4.74 Å². The highest BCUT2D eigenvalue weighted by Gasteiger charge is 2.09. The molecule has 3 heterocycles. The molecule has 3 rings (SSSR count). The van der Waals surface area contributed by atoms with Gasteiger partial charge >= 0.3 is 0 Å². The Morgan fingerprint density at radius 3 is 2.26 bits per heavy atom. The van der Waals surface area contributed by atoms with E-state index in [1.807, 2.05) is 19.2 Å². The van der Waals surface area contributed by atoms with Gasteiger partial charge in [-0.05, 0) is 50.1 Å². The summed E-state index contributed by atoms with van der Waals surface area (Å²) in [6.07, 6.45) is 19.9. The quantitative estimate of drug-likeness (QED) is 0.264. The normalized spacial score (nSPS) is 12.7. The van der Waals surface area contributed by atoms with Crippen LogP contribution in [0.15, 0.2) is 36.5 Å². The predicted molar refractivity (Wildman–Crippen MR) is 132 cm³/mol. The van der Waals surface area contributed by atoms with Crippen molar-refractivity contribution in [3.05, 3.63) is 52.9 Å². The molecule has 0 saturated carbocycles. The Morgan fingerprint density at radius 2 is 1.55 bits per heavy atom. The van der Waals surface area contributed by atoms with Gasteiger partial charge < -0.3 is 19.7 Å². The summed E-state index contributed by atoms with van der Waals surface area (Å²) in [6.45, 7) is 4.94. The zero-order valence-corrected chi connectivity index (χ0v) is 19.3. The van der Waals surface area contributed by atoms with Crippen LogP contribution in [0.1, 0.15) is 83.7 Å². The lowest BCUT2D eigenvalue weighted by atomic mass is 10.1. The number of hydrogen-bond donors (Lipinski definition) is 3. The van der Waals surface area contributed by atoms with Crippen LogP contribution < -0.4 is 15.4 Å². The average molecular weight is 422 g/mol. The maximum atomic E-state index is 5.84. The molecule has 168 valence electrons. The third kappa shape index (κ3) is 7.54. The smallest absolute Gasteiger partial charge is 0.144 e. The van der Waals surface area contributed by atoms with Gasteiger partial charge in [-0.15, -0.1) is 0 Å². The van der Waals surface area contributed by atoms with Crippen molar-refractivity contribution >= 4 is 12.2 Å². The second-order valence-corrected chi connectivity index (χ2v) is 8.31. The van der Waals surface area contributed by atoms with Gasteiger partial charge in [0.15, 0.2) is 0 Å². The van der Waals surface area contributed by atoms with Gasteiger partial charge in [0.2, 0.25) is 0 Å². The number of hydrogen-bond acceptors (Lipinski definition) is 1. The molecule has 0 saturated heterocycles. The molecule has 0 fully saturated rings. The molecule has 4 heteroatoms. The Morgan fingerprint density at radius 1 is 0.806 bits per heavy atom. The standard InChI is InChI=1S/C27H39N3O/c1-3-5-6-7-8-9-10-11-12-13-15-22-17-18-23(29-22)20-26-27(31-4-2)21-25(30-26)24-16-14-19-28-24/h14-21,28-30H,3-13H2,1-2H3. The second-order valence-electron chi connectivity index (χ2n) is 8.31. The molecule has 31 heavy (non-hydrogen) atoms. The molecule has 0 aromatic carbocycles. The van der Waals surface area contributed by atoms with Crippen LogP contribution in [-0.2, 0) is 0 Å². The van der Waals surface area contributed by atoms with Crippen molar-refractivity contribution in [2.45, 2.75) is 78.1 Å². The predicted octanol–water partition coefficient (Wildman–Crippen LogP) is 6.27. The Kier molecular flexibility index (Phi) is 9.62. The number of aromatic amines is 3. The summed E-state index contributed by atoms with van der Waals surface area (Å²) >= 11 is 0. The number of ether oxygens (including phenoxy) is 1. The van der Waals surface area contributed by atoms with Gasteiger partial charge in [0.05, 0.1) is 23.7 Å². The lowest BCUT2D eigenvalue weighted by molar-refractivity contribution is 0.340. The van der Waals surface area contributed by atoms with Gasteiger partial charge in [-0.3, -0.25) is 0 Å². The van der Waals surface area contributed by atoms with Gasteiger partial charge in [-0.25, -0.2) is 0 Å². The van der Waals surface area contributed by atoms with E-state index in [1.165, 1.54) is 63.1 Å². The Bertz CT molecular complexity index is 978. The lowest BCUT2D eigenvalue weighted by Gasteiger charge is -2.00. The maximum Gasteiger partial charge on any atom is 0.144 e. The van der Waals surface area contributed by atoms with Crippen LogP contribution in [0.3, 0.4) is 0 Å². The van der Waals surface area contributed by atoms with E-state index >= 15 is 0 Å². The number of nitrogens with one attached hydrogen (secondary N) is 3. The fourth-order valence-corrected chi connectivity index (χ4v) is 3.98. The first-order valence-electron chi connectivity index (χ1n) is 12.2. The minimum atomic E-state index is 0.644. The van der Waals surface area contributed by atoms with Crippen LogP contribution in [0.25, 0.3) is 23.5 Å². The SMILES string of the molecule is CCCCCCCCCCCC=c1ccc(=Cc2[nH]c(-c3ccc[nH]3)cc2OCC)[nH]1. The molecule has 3 N–H and O–H groups in total. The largest absolute Gasteiger partial charge is 0.492 e. The maximum absolute atomic E-state index is 5.84. The summed E-state index contributed by atoms with van der Waals surface area (Å²) in [5.41, 5.74) is 3.07. The highest BCUT2D eigenvalue weighted by Crippen LogP contribution is 2.26. The number of aromatic nitrogens is 3. The van der Waals surface area contributed by atoms with Crippen LogP contribution in [-0.4, -0.2) is 21.6 Å². The number of rotatable bonds is 14. The van der Waals surface area contributed by atoms with E-state index in [1.54, 1.807) is 0 Å². The second kappa shape index (κ2) is 12.9. The molecular formula is C27H39N3O. The van der Waals surface area contributed by atoms with Crippen molar-refractivity contribution in [2.24, 2.45) is 0 Å². The fraction of sp³-hybridized carbons (Fsp3) is 0.481. The molecule has 0 aliphatic rings. The molecule has 4 nitrogen and oxygen atoms in total. The first-order chi connectivity index (χ1) is 15.3. The van der Waals surface area contributed by atoms with Gasteiger partial charge in [-0.1, -0.05) is 64.4 Å². The van der Waals surface area contributed by atoms with Crippen LogP contribution >= 0.6 is 0 Å². The summed E-state index contributed by atoms with van der Waals surface area (Å²) in [5, 5.41) is 2.28. The third-order valence-electron chi connectivity index (χ3n) is 5.70. The minimum Gasteiger partial charge on any atom is -0.492 e. The van der Waals surface area contributed by atoms with Crippen LogP contribution in [0.5, 0.6) is 5.75 Å². The van der Waals surface area contributed by atoms with Crippen molar-refractivity contribution in [3.8, 4) is 17.1 Å². The zero-order chi connectivity index (χ0) is 21.7. The molecule has 0 unspecified atom stereocenters. The average Bonchev–Trinajstić information content (AvgIpc) is 3.52. The monoisotopic (exact) mass is 421 g/mol. The van der Waals surface area contributed by atoms with Crippen molar-refractivity contribution in [3.63, 3.8) is 0 Å². The molecule has 0 bridgehead atoms. The highest BCUT2D eigenvalue weighted by molar-refractivity contribution is 5.65. The van der Waals surface area contributed by atoms with Gasteiger partial charge in [0, 0.05) is 23.0 Å². The van der Waals surface area contributed by atoms with Crippen molar-refractivity contribution in [2.75, 3.05) is 6.61 Å². The van der Waals surface area contributed by atoms with Gasteiger partial charge in [0.1, 0.15) is 5.75 Å². The number of H-pyrrole nitrogens is 3. The van der Waals surface area contributed by atoms with E-state index in [-0.39, 0.29) is 0 Å². The first-order valence-corrected chi connectivity index (χ1v) is 12.2. The summed E-state index contributed by atoms with van der Waals surface area (Å²) in [5.74, 6) is 0.877. The molecular weight excluding hydrogens is 382 g/mol. The highest BCUT2D eigenvalue weighted by atomic mass is 16.5. The molecule has 3 aromatic rings. The fourth-order valence-electron chi connectivity index (χ4n) is 3.98. The lowest BCUT2D eigenvalue weighted by Crippen LogP contribution is -2.09. The molecule has 0 radical (unpaired) electrons. The molecule has 0 atom stereocenters. The summed E-state index contributed by atoms with van der Waals surface area (Å²) < 4.78 is 5.84. The van der Waals surface area contributed by atoms with Crippen molar-refractivity contribution < 1.29 is 4.74 Å². The number of unbranched alkanes of at least 4 members (excludes halogenated alkanes) is 9. The summed E-state index contributed by atoms with van der Waals surface area (Å²) in [7, 11) is 0. The van der Waals surface area contributed by atoms with Crippen LogP contribution in [0, 0.1) is 0 Å². The summed E-state index contributed by atoms with van der Waals surface area (Å²) in [4.78, 5) is 10.2. The third-order valence-corrected chi connectivity index (χ3v) is 5.70. The molecule has 0 spiro atoms. The van der Waals surface area contributed by atoms with E-state index in [0.29, 0.717) is 6.61 Å². The van der Waals surface area contributed by atoms with Crippen molar-refractivity contribution in [1.29, 1.82) is 0 Å². The first kappa shape index (κ1) is 23.1. The Hall–Kier alpha value is -2.62. The Labute approximate surface area is 186 Å². The topological polar surface area (TPSA) is 56.6 Å². The van der Waals surface area contributed by atoms with E-state index < -0.39 is 0 Å². The summed E-state index contributed by atoms with van der Waals surface area (Å²) in [6, 6.07) is 10.4. The molecule has 0 amide bonds. The van der Waals surface area contributed by atoms with E-state index in [9.17, 15) is 0 Å². The van der Waals surface area contributed by atoms with Gasteiger partial charge in [0.25, 0.3) is 0 Å².